The summed E-state index contributed by atoms with van der Waals surface area (Å²) >= 11 is 12.3. The zero-order chi connectivity index (χ0) is 19.0. The van der Waals surface area contributed by atoms with E-state index in [1.54, 1.807) is 35.9 Å². The highest BCUT2D eigenvalue weighted by atomic mass is 35.5. The number of carboxylic acids is 1. The first-order valence-corrected chi connectivity index (χ1v) is 8.62. The van der Waals surface area contributed by atoms with Crippen LogP contribution in [0.15, 0.2) is 42.5 Å². The summed E-state index contributed by atoms with van der Waals surface area (Å²) in [4.78, 5) is 23.6. The van der Waals surface area contributed by atoms with Crippen molar-refractivity contribution in [2.24, 2.45) is 7.05 Å². The van der Waals surface area contributed by atoms with Crippen molar-refractivity contribution in [3.63, 3.8) is 0 Å². The van der Waals surface area contributed by atoms with Crippen LogP contribution in [0.25, 0.3) is 10.9 Å². The van der Waals surface area contributed by atoms with Crippen LogP contribution in [0.1, 0.15) is 39.4 Å². The number of fused-ring (bicyclic) bond motifs is 1. The minimum Gasteiger partial charge on any atom is -0.478 e. The van der Waals surface area contributed by atoms with Gasteiger partial charge in [0, 0.05) is 18.0 Å². The summed E-state index contributed by atoms with van der Waals surface area (Å²) in [6.45, 7) is 1.83. The van der Waals surface area contributed by atoms with E-state index in [1.165, 1.54) is 12.1 Å². The molecule has 0 radical (unpaired) electrons. The molecule has 5 nitrogen and oxygen atoms in total. The molecule has 2 aromatic carbocycles. The molecule has 0 aliphatic carbocycles. The molecule has 2 N–H and O–H groups in total. The van der Waals surface area contributed by atoms with Gasteiger partial charge in [-0.3, -0.25) is 4.79 Å². The van der Waals surface area contributed by atoms with Gasteiger partial charge in [0.2, 0.25) is 0 Å². The van der Waals surface area contributed by atoms with Gasteiger partial charge in [0.1, 0.15) is 5.69 Å². The van der Waals surface area contributed by atoms with Crippen molar-refractivity contribution in [2.45, 2.75) is 13.0 Å². The van der Waals surface area contributed by atoms with Crippen LogP contribution >= 0.6 is 23.2 Å². The first-order chi connectivity index (χ1) is 12.3. The van der Waals surface area contributed by atoms with Crippen LogP contribution in [0.2, 0.25) is 10.0 Å². The lowest BCUT2D eigenvalue weighted by Gasteiger charge is -2.15. The predicted octanol–water partition coefficient (Wildman–Crippen LogP) is 4.67. The summed E-state index contributed by atoms with van der Waals surface area (Å²) in [5.41, 5.74) is 2.27. The summed E-state index contributed by atoms with van der Waals surface area (Å²) in [7, 11) is 1.79. The molecule has 0 aliphatic heterocycles. The van der Waals surface area contributed by atoms with Crippen molar-refractivity contribution in [1.29, 1.82) is 0 Å². The molecule has 0 spiro atoms. The Morgan fingerprint density at radius 3 is 2.38 bits per heavy atom. The monoisotopic (exact) mass is 390 g/mol. The standard InChI is InChI=1S/C19H16Cl2N2O3/c1-10(11-3-5-12(6-4-11)19(25)26)22-18(24)16-9-13-15(23(16)2)8-7-14(20)17(13)21/h3-10H,1-2H3,(H,22,24)(H,25,26)/t10-/m1/s1. The van der Waals surface area contributed by atoms with Gasteiger partial charge in [-0.25, -0.2) is 4.79 Å². The van der Waals surface area contributed by atoms with Crippen LogP contribution in [-0.4, -0.2) is 21.6 Å². The van der Waals surface area contributed by atoms with Crippen molar-refractivity contribution in [2.75, 3.05) is 0 Å². The van der Waals surface area contributed by atoms with Gasteiger partial charge in [-0.05, 0) is 42.8 Å². The molecule has 0 bridgehead atoms. The molecule has 0 fully saturated rings. The number of nitrogens with zero attached hydrogens (tertiary/aromatic N) is 1. The lowest BCUT2D eigenvalue weighted by molar-refractivity contribution is 0.0696. The summed E-state index contributed by atoms with van der Waals surface area (Å²) in [5, 5.41) is 13.4. The number of carbonyl (C=O) groups is 2. The Kier molecular flexibility index (Phi) is 4.94. The maximum absolute atomic E-state index is 12.7. The van der Waals surface area contributed by atoms with Crippen molar-refractivity contribution in [3.05, 3.63) is 69.3 Å². The Balaban J connectivity index is 1.85. The molecular formula is C19H16Cl2N2O3. The van der Waals surface area contributed by atoms with E-state index < -0.39 is 5.97 Å². The lowest BCUT2D eigenvalue weighted by Crippen LogP contribution is -2.28. The average molecular weight is 391 g/mol. The second-order valence-corrected chi connectivity index (χ2v) is 6.79. The van der Waals surface area contributed by atoms with Crippen molar-refractivity contribution >= 4 is 46.0 Å². The molecule has 1 heterocycles. The van der Waals surface area contributed by atoms with E-state index in [9.17, 15) is 9.59 Å². The third kappa shape index (κ3) is 3.28. The van der Waals surface area contributed by atoms with Gasteiger partial charge in [0.25, 0.3) is 5.91 Å². The Hall–Kier alpha value is -2.50. The Labute approximate surface area is 160 Å². The number of hydrogen-bond acceptors (Lipinski definition) is 2. The van der Waals surface area contributed by atoms with Crippen molar-refractivity contribution in [1.82, 2.24) is 9.88 Å². The van der Waals surface area contributed by atoms with Gasteiger partial charge in [-0.2, -0.15) is 0 Å². The fourth-order valence-electron chi connectivity index (χ4n) is 2.84. The van der Waals surface area contributed by atoms with Crippen LogP contribution in [0.5, 0.6) is 0 Å². The molecule has 134 valence electrons. The summed E-state index contributed by atoms with van der Waals surface area (Å²) in [6.07, 6.45) is 0. The van der Waals surface area contributed by atoms with E-state index in [4.69, 9.17) is 28.3 Å². The third-order valence-corrected chi connectivity index (χ3v) is 5.17. The molecule has 0 aliphatic rings. The second-order valence-electron chi connectivity index (χ2n) is 6.01. The first-order valence-electron chi connectivity index (χ1n) is 7.87. The fraction of sp³-hybridized carbons (Fsp3) is 0.158. The van der Waals surface area contributed by atoms with Gasteiger partial charge in [0.05, 0.1) is 21.7 Å². The molecule has 1 atom stereocenters. The van der Waals surface area contributed by atoms with E-state index in [0.717, 1.165) is 11.1 Å². The second kappa shape index (κ2) is 7.02. The quantitative estimate of drug-likeness (QED) is 0.679. The Bertz CT molecular complexity index is 1010. The molecule has 0 saturated heterocycles. The maximum atomic E-state index is 12.7. The van der Waals surface area contributed by atoms with Crippen LogP contribution in [0.3, 0.4) is 0 Å². The molecule has 3 rings (SSSR count). The third-order valence-electron chi connectivity index (χ3n) is 4.35. The number of aryl methyl sites for hydroxylation is 1. The predicted molar refractivity (Wildman–Crippen MR) is 102 cm³/mol. The minimum atomic E-state index is -0.987. The van der Waals surface area contributed by atoms with Crippen LogP contribution < -0.4 is 5.32 Å². The molecule has 3 aromatic rings. The number of aromatic carboxylic acids is 1. The number of benzene rings is 2. The number of carboxylic acid groups (broad SMARTS) is 1. The summed E-state index contributed by atoms with van der Waals surface area (Å²) in [6, 6.07) is 11.3. The molecule has 26 heavy (non-hydrogen) atoms. The highest BCUT2D eigenvalue weighted by molar-refractivity contribution is 6.45. The molecule has 1 aromatic heterocycles. The fourth-order valence-corrected chi connectivity index (χ4v) is 3.21. The Morgan fingerprint density at radius 1 is 1.12 bits per heavy atom. The topological polar surface area (TPSA) is 71.3 Å². The SMILES string of the molecule is C[C@@H](NC(=O)c1cc2c(Cl)c(Cl)ccc2n1C)c1ccc(C(=O)O)cc1. The van der Waals surface area contributed by atoms with E-state index in [-0.39, 0.29) is 17.5 Å². The van der Waals surface area contributed by atoms with Gasteiger partial charge >= 0.3 is 5.97 Å². The highest BCUT2D eigenvalue weighted by Gasteiger charge is 2.18. The van der Waals surface area contributed by atoms with Gasteiger partial charge in [-0.1, -0.05) is 35.3 Å². The van der Waals surface area contributed by atoms with Crippen LogP contribution in [0.4, 0.5) is 0 Å². The number of carbonyl (C=O) groups excluding carboxylic acids is 1. The zero-order valence-corrected chi connectivity index (χ0v) is 15.6. The number of hydrogen-bond donors (Lipinski definition) is 2. The average Bonchev–Trinajstić information content (AvgIpc) is 2.95. The lowest BCUT2D eigenvalue weighted by atomic mass is 10.1. The minimum absolute atomic E-state index is 0.201. The molecule has 0 unspecified atom stereocenters. The number of nitrogens with one attached hydrogen (secondary N) is 1. The zero-order valence-electron chi connectivity index (χ0n) is 14.1. The summed E-state index contributed by atoms with van der Waals surface area (Å²) in [5.74, 6) is -1.25. The number of rotatable bonds is 4. The van der Waals surface area contributed by atoms with Crippen molar-refractivity contribution < 1.29 is 14.7 Å². The maximum Gasteiger partial charge on any atom is 0.335 e. The van der Waals surface area contributed by atoms with E-state index in [1.807, 2.05) is 13.0 Å². The summed E-state index contributed by atoms with van der Waals surface area (Å²) < 4.78 is 1.76. The Morgan fingerprint density at radius 2 is 1.77 bits per heavy atom. The van der Waals surface area contributed by atoms with E-state index >= 15 is 0 Å². The van der Waals surface area contributed by atoms with Gasteiger partial charge in [-0.15, -0.1) is 0 Å². The van der Waals surface area contributed by atoms with Crippen LogP contribution in [-0.2, 0) is 7.05 Å². The highest BCUT2D eigenvalue weighted by Crippen LogP contribution is 2.32. The van der Waals surface area contributed by atoms with Gasteiger partial charge in [0.15, 0.2) is 0 Å². The smallest absolute Gasteiger partial charge is 0.335 e. The first kappa shape index (κ1) is 18.3. The molecule has 1 amide bonds. The molecule has 0 saturated carbocycles. The number of amides is 1. The van der Waals surface area contributed by atoms with Gasteiger partial charge < -0.3 is 15.0 Å². The molecular weight excluding hydrogens is 375 g/mol. The molecule has 7 heteroatoms. The number of aromatic nitrogens is 1. The van der Waals surface area contributed by atoms with E-state index in [0.29, 0.717) is 21.1 Å². The number of halogens is 2. The van der Waals surface area contributed by atoms with Crippen LogP contribution in [0, 0.1) is 0 Å². The van der Waals surface area contributed by atoms with Crippen molar-refractivity contribution in [3.8, 4) is 0 Å². The normalized spacial score (nSPS) is 12.2. The van der Waals surface area contributed by atoms with E-state index in [2.05, 4.69) is 5.32 Å². The largest absolute Gasteiger partial charge is 0.478 e.